The average Bonchev–Trinajstić information content (AvgIpc) is 2.18. The Labute approximate surface area is 106 Å². The second kappa shape index (κ2) is 4.81. The molecule has 0 aliphatic heterocycles. The van der Waals surface area contributed by atoms with Crippen molar-refractivity contribution in [3.05, 3.63) is 34.9 Å². The molecular formula is C16H27N. The summed E-state index contributed by atoms with van der Waals surface area (Å²) in [5, 5.41) is 0. The van der Waals surface area contributed by atoms with Crippen LogP contribution in [0, 0.1) is 19.3 Å². The van der Waals surface area contributed by atoms with E-state index in [-0.39, 0.29) is 5.54 Å². The first-order valence-electron chi connectivity index (χ1n) is 6.48. The predicted molar refractivity (Wildman–Crippen MR) is 76.1 cm³/mol. The molecule has 0 aliphatic carbocycles. The zero-order valence-electron chi connectivity index (χ0n) is 12.2. The van der Waals surface area contributed by atoms with Gasteiger partial charge in [-0.3, -0.25) is 0 Å². The molecule has 17 heavy (non-hydrogen) atoms. The van der Waals surface area contributed by atoms with Gasteiger partial charge in [-0.2, -0.15) is 0 Å². The van der Waals surface area contributed by atoms with E-state index in [0.717, 1.165) is 12.8 Å². The van der Waals surface area contributed by atoms with E-state index in [4.69, 9.17) is 5.73 Å². The van der Waals surface area contributed by atoms with E-state index >= 15 is 0 Å². The minimum Gasteiger partial charge on any atom is -0.322 e. The zero-order valence-corrected chi connectivity index (χ0v) is 12.2. The van der Waals surface area contributed by atoms with Crippen molar-refractivity contribution in [1.82, 2.24) is 0 Å². The predicted octanol–water partition coefficient (Wildman–Crippen LogP) is 4.30. The highest BCUT2D eigenvalue weighted by Crippen LogP contribution is 2.30. The molecule has 0 saturated heterocycles. The van der Waals surface area contributed by atoms with Crippen molar-refractivity contribution < 1.29 is 0 Å². The number of hydrogen-bond donors (Lipinski definition) is 1. The van der Waals surface area contributed by atoms with Crippen LogP contribution in [0.2, 0.25) is 0 Å². The molecule has 0 bridgehead atoms. The zero-order chi connectivity index (χ0) is 13.3. The Kier molecular flexibility index (Phi) is 4.03. The molecule has 0 heterocycles. The third-order valence-electron chi connectivity index (χ3n) is 3.56. The molecule has 0 radical (unpaired) electrons. The molecule has 0 fully saturated rings. The van der Waals surface area contributed by atoms with Crippen LogP contribution >= 0.6 is 0 Å². The minimum atomic E-state index is -0.217. The fraction of sp³-hybridized carbons (Fsp3) is 0.625. The second-order valence-corrected chi connectivity index (χ2v) is 6.78. The first-order valence-corrected chi connectivity index (χ1v) is 6.48. The van der Waals surface area contributed by atoms with Crippen molar-refractivity contribution in [2.24, 2.45) is 11.1 Å². The first kappa shape index (κ1) is 14.2. The SMILES string of the molecule is Cc1ccc(C(C)(N)CCC(C)(C)C)cc1C. The summed E-state index contributed by atoms with van der Waals surface area (Å²) in [5.41, 5.74) is 10.5. The van der Waals surface area contributed by atoms with E-state index in [1.54, 1.807) is 0 Å². The van der Waals surface area contributed by atoms with Crippen molar-refractivity contribution in [3.63, 3.8) is 0 Å². The molecule has 1 unspecified atom stereocenters. The number of hydrogen-bond acceptors (Lipinski definition) is 1. The number of aryl methyl sites for hydroxylation is 2. The molecule has 0 aliphatic rings. The molecule has 0 amide bonds. The smallest absolute Gasteiger partial charge is 0.0381 e. The van der Waals surface area contributed by atoms with Crippen LogP contribution in [0.15, 0.2) is 18.2 Å². The molecule has 1 atom stereocenters. The van der Waals surface area contributed by atoms with Gasteiger partial charge in [0.2, 0.25) is 0 Å². The Morgan fingerprint density at radius 1 is 0.941 bits per heavy atom. The van der Waals surface area contributed by atoms with E-state index in [0.29, 0.717) is 5.41 Å². The monoisotopic (exact) mass is 233 g/mol. The molecular weight excluding hydrogens is 206 g/mol. The molecule has 0 saturated carbocycles. The lowest BCUT2D eigenvalue weighted by molar-refractivity contribution is 0.307. The first-order chi connectivity index (χ1) is 7.62. The fourth-order valence-corrected chi connectivity index (χ4v) is 1.88. The molecule has 0 aromatic heterocycles. The topological polar surface area (TPSA) is 26.0 Å². The molecule has 0 spiro atoms. The van der Waals surface area contributed by atoms with Gasteiger partial charge in [-0.1, -0.05) is 39.0 Å². The highest BCUT2D eigenvalue weighted by Gasteiger charge is 2.24. The Morgan fingerprint density at radius 2 is 1.53 bits per heavy atom. The summed E-state index contributed by atoms with van der Waals surface area (Å²) in [7, 11) is 0. The van der Waals surface area contributed by atoms with Crippen molar-refractivity contribution in [2.45, 2.75) is 59.9 Å². The molecule has 1 nitrogen and oxygen atoms in total. The standard InChI is InChI=1S/C16H27N/c1-12-7-8-14(11-13(12)2)16(6,17)10-9-15(3,4)5/h7-8,11H,9-10,17H2,1-6H3. The highest BCUT2D eigenvalue weighted by atomic mass is 14.7. The molecule has 1 aromatic carbocycles. The van der Waals surface area contributed by atoms with Gasteiger partial charge in [-0.15, -0.1) is 0 Å². The highest BCUT2D eigenvalue weighted by molar-refractivity contribution is 5.33. The van der Waals surface area contributed by atoms with Gasteiger partial charge in [0.25, 0.3) is 0 Å². The molecule has 1 aromatic rings. The van der Waals surface area contributed by atoms with Gasteiger partial charge >= 0.3 is 0 Å². The third-order valence-corrected chi connectivity index (χ3v) is 3.56. The van der Waals surface area contributed by atoms with E-state index in [1.807, 2.05) is 0 Å². The fourth-order valence-electron chi connectivity index (χ4n) is 1.88. The summed E-state index contributed by atoms with van der Waals surface area (Å²) in [6.45, 7) is 13.2. The lowest BCUT2D eigenvalue weighted by atomic mass is 9.80. The maximum atomic E-state index is 6.46. The maximum absolute atomic E-state index is 6.46. The van der Waals surface area contributed by atoms with Crippen LogP contribution in [0.3, 0.4) is 0 Å². The largest absolute Gasteiger partial charge is 0.322 e. The van der Waals surface area contributed by atoms with Crippen LogP contribution in [0.4, 0.5) is 0 Å². The van der Waals surface area contributed by atoms with Crippen molar-refractivity contribution in [2.75, 3.05) is 0 Å². The summed E-state index contributed by atoms with van der Waals surface area (Å²) < 4.78 is 0. The summed E-state index contributed by atoms with van der Waals surface area (Å²) in [6, 6.07) is 6.58. The van der Waals surface area contributed by atoms with Crippen LogP contribution in [-0.4, -0.2) is 0 Å². The van der Waals surface area contributed by atoms with E-state index in [9.17, 15) is 0 Å². The van der Waals surface area contributed by atoms with E-state index in [1.165, 1.54) is 16.7 Å². The summed E-state index contributed by atoms with van der Waals surface area (Å²) in [6.07, 6.45) is 2.17. The van der Waals surface area contributed by atoms with Gasteiger partial charge in [0.15, 0.2) is 0 Å². The van der Waals surface area contributed by atoms with Crippen molar-refractivity contribution >= 4 is 0 Å². The second-order valence-electron chi connectivity index (χ2n) is 6.78. The summed E-state index contributed by atoms with van der Waals surface area (Å²) >= 11 is 0. The number of rotatable bonds is 3. The van der Waals surface area contributed by atoms with Crippen LogP contribution < -0.4 is 5.73 Å². The third kappa shape index (κ3) is 4.16. The Hall–Kier alpha value is -0.820. The quantitative estimate of drug-likeness (QED) is 0.827. The Bertz CT molecular complexity index is 383. The molecule has 2 N–H and O–H groups in total. The van der Waals surface area contributed by atoms with Gasteiger partial charge in [0.1, 0.15) is 0 Å². The molecule has 1 heteroatoms. The normalized spacial score (nSPS) is 15.7. The van der Waals surface area contributed by atoms with Gasteiger partial charge in [-0.25, -0.2) is 0 Å². The van der Waals surface area contributed by atoms with Gasteiger partial charge in [0.05, 0.1) is 0 Å². The van der Waals surface area contributed by atoms with E-state index < -0.39 is 0 Å². The lowest BCUT2D eigenvalue weighted by Gasteiger charge is -2.30. The van der Waals surface area contributed by atoms with Crippen LogP contribution in [0.1, 0.15) is 57.2 Å². The van der Waals surface area contributed by atoms with Crippen LogP contribution in [-0.2, 0) is 5.54 Å². The number of benzene rings is 1. The summed E-state index contributed by atoms with van der Waals surface area (Å²) in [4.78, 5) is 0. The Morgan fingerprint density at radius 3 is 2.00 bits per heavy atom. The Balaban J connectivity index is 2.85. The van der Waals surface area contributed by atoms with Crippen LogP contribution in [0.25, 0.3) is 0 Å². The van der Waals surface area contributed by atoms with Gasteiger partial charge < -0.3 is 5.73 Å². The van der Waals surface area contributed by atoms with Gasteiger partial charge in [-0.05, 0) is 55.7 Å². The lowest BCUT2D eigenvalue weighted by Crippen LogP contribution is -2.34. The van der Waals surface area contributed by atoms with Crippen molar-refractivity contribution in [3.8, 4) is 0 Å². The molecule has 96 valence electrons. The van der Waals surface area contributed by atoms with Crippen LogP contribution in [0.5, 0.6) is 0 Å². The van der Waals surface area contributed by atoms with E-state index in [2.05, 4.69) is 59.7 Å². The summed E-state index contributed by atoms with van der Waals surface area (Å²) in [5.74, 6) is 0. The minimum absolute atomic E-state index is 0.217. The maximum Gasteiger partial charge on any atom is 0.0381 e. The number of nitrogens with two attached hydrogens (primary N) is 1. The molecule has 1 rings (SSSR count). The van der Waals surface area contributed by atoms with Gasteiger partial charge in [0, 0.05) is 5.54 Å². The van der Waals surface area contributed by atoms with Crippen molar-refractivity contribution in [1.29, 1.82) is 0 Å². The average molecular weight is 233 g/mol.